The van der Waals surface area contributed by atoms with Crippen LogP contribution in [0.2, 0.25) is 0 Å². The molecule has 112 valence electrons. The van der Waals surface area contributed by atoms with Crippen LogP contribution in [0.25, 0.3) is 0 Å². The maximum absolute atomic E-state index is 12.7. The number of anilines is 1. The third-order valence-corrected chi connectivity index (χ3v) is 3.06. The van der Waals surface area contributed by atoms with Crippen LogP contribution in [0.3, 0.4) is 0 Å². The smallest absolute Gasteiger partial charge is 0.256 e. The minimum Gasteiger partial charge on any atom is -0.396 e. The molecule has 0 aliphatic rings. The van der Waals surface area contributed by atoms with Gasteiger partial charge in [0.2, 0.25) is 0 Å². The zero-order valence-corrected chi connectivity index (χ0v) is 12.6. The summed E-state index contributed by atoms with van der Waals surface area (Å²) in [6.07, 6.45) is 4.90. The molecule has 5 nitrogen and oxygen atoms in total. The molecule has 1 aromatic heterocycles. The average molecular weight is 279 g/mol. The molecule has 1 amide bonds. The number of nitrogens with zero attached hydrogens (tertiary/aromatic N) is 2. The molecule has 1 rings (SSSR count). The van der Waals surface area contributed by atoms with Crippen molar-refractivity contribution in [1.29, 1.82) is 0 Å². The van der Waals surface area contributed by atoms with E-state index in [0.29, 0.717) is 18.5 Å². The number of carbonyl (C=O) groups excluding carboxylic acids is 1. The van der Waals surface area contributed by atoms with Crippen molar-refractivity contribution in [2.45, 2.75) is 39.7 Å². The van der Waals surface area contributed by atoms with Gasteiger partial charge in [0.15, 0.2) is 0 Å². The molecule has 0 spiro atoms. The molecule has 0 saturated heterocycles. The number of pyridine rings is 1. The maximum atomic E-state index is 12.7. The van der Waals surface area contributed by atoms with Crippen LogP contribution in [-0.2, 0) is 0 Å². The average Bonchev–Trinajstić information content (AvgIpc) is 2.45. The second-order valence-corrected chi connectivity index (χ2v) is 5.02. The van der Waals surface area contributed by atoms with Crippen LogP contribution in [0.4, 0.5) is 5.69 Å². The summed E-state index contributed by atoms with van der Waals surface area (Å²) >= 11 is 0. The van der Waals surface area contributed by atoms with Crippen LogP contribution in [0.1, 0.15) is 44.0 Å². The van der Waals surface area contributed by atoms with Crippen LogP contribution in [0.5, 0.6) is 0 Å². The highest BCUT2D eigenvalue weighted by atomic mass is 16.3. The Kier molecular flexibility index (Phi) is 7.01. The van der Waals surface area contributed by atoms with Gasteiger partial charge in [0.05, 0.1) is 17.4 Å². The Morgan fingerprint density at radius 2 is 2.25 bits per heavy atom. The number of hydrogen-bond donors (Lipinski definition) is 2. The molecule has 0 aliphatic carbocycles. The van der Waals surface area contributed by atoms with E-state index in [9.17, 15) is 4.79 Å². The molecular formula is C15H25N3O2. The molecule has 0 aliphatic heterocycles. The summed E-state index contributed by atoms with van der Waals surface area (Å²) in [5.41, 5.74) is 1.41. The zero-order chi connectivity index (χ0) is 15.0. The van der Waals surface area contributed by atoms with Crippen molar-refractivity contribution in [3.05, 3.63) is 24.0 Å². The molecule has 5 heteroatoms. The third-order valence-electron chi connectivity index (χ3n) is 3.06. The van der Waals surface area contributed by atoms with E-state index < -0.39 is 0 Å². The van der Waals surface area contributed by atoms with Crippen molar-refractivity contribution in [3.8, 4) is 0 Å². The quantitative estimate of drug-likeness (QED) is 0.765. The fourth-order valence-electron chi connectivity index (χ4n) is 1.97. The highest BCUT2D eigenvalue weighted by Crippen LogP contribution is 2.17. The SMILES string of the molecule is CCCNc1cnccc1C(=O)N(CCCO)C(C)C. The van der Waals surface area contributed by atoms with Crippen molar-refractivity contribution in [1.82, 2.24) is 9.88 Å². The lowest BCUT2D eigenvalue weighted by Crippen LogP contribution is -2.38. The third kappa shape index (κ3) is 4.49. The summed E-state index contributed by atoms with van der Waals surface area (Å²) in [5, 5.41) is 12.2. The van der Waals surface area contributed by atoms with E-state index in [-0.39, 0.29) is 18.6 Å². The second-order valence-electron chi connectivity index (χ2n) is 5.02. The van der Waals surface area contributed by atoms with Crippen molar-refractivity contribution in [2.75, 3.05) is 25.0 Å². The first-order chi connectivity index (χ1) is 9.61. The normalized spacial score (nSPS) is 10.7. The zero-order valence-electron chi connectivity index (χ0n) is 12.6. The minimum absolute atomic E-state index is 0.0190. The molecule has 1 heterocycles. The number of aromatic nitrogens is 1. The summed E-state index contributed by atoms with van der Waals surface area (Å²) in [7, 11) is 0. The van der Waals surface area contributed by atoms with Crippen molar-refractivity contribution < 1.29 is 9.90 Å². The highest BCUT2D eigenvalue weighted by Gasteiger charge is 2.20. The van der Waals surface area contributed by atoms with Gasteiger partial charge in [-0.1, -0.05) is 6.92 Å². The van der Waals surface area contributed by atoms with Gasteiger partial charge in [0.25, 0.3) is 5.91 Å². The molecule has 0 radical (unpaired) electrons. The van der Waals surface area contributed by atoms with E-state index in [1.165, 1.54) is 0 Å². The molecule has 1 aromatic rings. The molecule has 2 N–H and O–H groups in total. The standard InChI is InChI=1S/C15H25N3O2/c1-4-7-17-14-11-16-8-6-13(14)15(20)18(12(2)3)9-5-10-19/h6,8,11-12,17,19H,4-5,7,9-10H2,1-3H3. The van der Waals surface area contributed by atoms with Gasteiger partial charge in [-0.3, -0.25) is 9.78 Å². The van der Waals surface area contributed by atoms with Crippen molar-refractivity contribution in [2.24, 2.45) is 0 Å². The van der Waals surface area contributed by atoms with Gasteiger partial charge in [-0.15, -0.1) is 0 Å². The van der Waals surface area contributed by atoms with Gasteiger partial charge in [-0.25, -0.2) is 0 Å². The first kappa shape index (κ1) is 16.4. The van der Waals surface area contributed by atoms with Crippen molar-refractivity contribution in [3.63, 3.8) is 0 Å². The topological polar surface area (TPSA) is 65.5 Å². The summed E-state index contributed by atoms with van der Waals surface area (Å²) in [4.78, 5) is 18.5. The van der Waals surface area contributed by atoms with Gasteiger partial charge in [-0.05, 0) is 32.8 Å². The Hall–Kier alpha value is -1.62. The molecule has 0 unspecified atom stereocenters. The van der Waals surface area contributed by atoms with Crippen LogP contribution < -0.4 is 5.32 Å². The largest absolute Gasteiger partial charge is 0.396 e. The number of aliphatic hydroxyl groups excluding tert-OH is 1. The number of aliphatic hydroxyl groups is 1. The summed E-state index contributed by atoms with van der Waals surface area (Å²) in [5.74, 6) is -0.0190. The molecule has 0 aromatic carbocycles. The number of nitrogens with one attached hydrogen (secondary N) is 1. The molecule has 0 saturated carbocycles. The Morgan fingerprint density at radius 1 is 1.50 bits per heavy atom. The summed E-state index contributed by atoms with van der Waals surface area (Å²) in [6, 6.07) is 1.84. The molecule has 0 atom stereocenters. The number of hydrogen-bond acceptors (Lipinski definition) is 4. The van der Waals surface area contributed by atoms with Crippen LogP contribution in [0, 0.1) is 0 Å². The first-order valence-corrected chi connectivity index (χ1v) is 7.21. The summed E-state index contributed by atoms with van der Waals surface area (Å²) < 4.78 is 0. The molecule has 20 heavy (non-hydrogen) atoms. The number of rotatable bonds is 8. The van der Waals surface area contributed by atoms with Gasteiger partial charge in [-0.2, -0.15) is 0 Å². The minimum atomic E-state index is -0.0190. The predicted molar refractivity (Wildman–Crippen MR) is 80.9 cm³/mol. The molecular weight excluding hydrogens is 254 g/mol. The van der Waals surface area contributed by atoms with E-state index >= 15 is 0 Å². The van der Waals surface area contributed by atoms with Gasteiger partial charge in [0, 0.05) is 31.9 Å². The van der Waals surface area contributed by atoms with E-state index in [0.717, 1.165) is 18.7 Å². The van der Waals surface area contributed by atoms with Crippen LogP contribution >= 0.6 is 0 Å². The Labute approximate surface area is 121 Å². The Morgan fingerprint density at radius 3 is 2.85 bits per heavy atom. The molecule has 0 fully saturated rings. The lowest BCUT2D eigenvalue weighted by Gasteiger charge is -2.27. The first-order valence-electron chi connectivity index (χ1n) is 7.21. The van der Waals surface area contributed by atoms with E-state index in [2.05, 4.69) is 17.2 Å². The molecule has 0 bridgehead atoms. The lowest BCUT2D eigenvalue weighted by molar-refractivity contribution is 0.0694. The summed E-state index contributed by atoms with van der Waals surface area (Å²) in [6.45, 7) is 7.50. The van der Waals surface area contributed by atoms with Crippen LogP contribution in [-0.4, -0.2) is 46.6 Å². The van der Waals surface area contributed by atoms with Gasteiger partial charge in [0.1, 0.15) is 0 Å². The Balaban J connectivity index is 2.93. The monoisotopic (exact) mass is 279 g/mol. The van der Waals surface area contributed by atoms with Crippen LogP contribution in [0.15, 0.2) is 18.5 Å². The fourth-order valence-corrected chi connectivity index (χ4v) is 1.97. The lowest BCUT2D eigenvalue weighted by atomic mass is 10.1. The number of carbonyl (C=O) groups is 1. The van der Waals surface area contributed by atoms with Crippen molar-refractivity contribution >= 4 is 11.6 Å². The van der Waals surface area contributed by atoms with E-state index in [1.54, 1.807) is 23.4 Å². The number of amides is 1. The maximum Gasteiger partial charge on any atom is 0.256 e. The van der Waals surface area contributed by atoms with Gasteiger partial charge < -0.3 is 15.3 Å². The highest BCUT2D eigenvalue weighted by molar-refractivity contribution is 5.99. The van der Waals surface area contributed by atoms with E-state index in [4.69, 9.17) is 5.11 Å². The predicted octanol–water partition coefficient (Wildman–Crippen LogP) is 2.14. The van der Waals surface area contributed by atoms with Gasteiger partial charge >= 0.3 is 0 Å². The fraction of sp³-hybridized carbons (Fsp3) is 0.600. The van der Waals surface area contributed by atoms with E-state index in [1.807, 2.05) is 13.8 Å². The Bertz CT molecular complexity index is 421. The second kappa shape index (κ2) is 8.53.